The van der Waals surface area contributed by atoms with Crippen molar-refractivity contribution in [3.63, 3.8) is 0 Å². The summed E-state index contributed by atoms with van der Waals surface area (Å²) in [6.45, 7) is 6.20. The largest absolute Gasteiger partial charge is 0.356 e. The van der Waals surface area contributed by atoms with Crippen molar-refractivity contribution in [3.8, 4) is 0 Å². The van der Waals surface area contributed by atoms with Crippen LogP contribution in [0.2, 0.25) is 0 Å². The highest BCUT2D eigenvalue weighted by atomic mass is 127. The van der Waals surface area contributed by atoms with Crippen LogP contribution in [0.5, 0.6) is 0 Å². The summed E-state index contributed by atoms with van der Waals surface area (Å²) in [5.41, 5.74) is 3.50. The highest BCUT2D eigenvalue weighted by Crippen LogP contribution is 2.27. The zero-order valence-corrected chi connectivity index (χ0v) is 19.3. The van der Waals surface area contributed by atoms with E-state index >= 15 is 0 Å². The van der Waals surface area contributed by atoms with Gasteiger partial charge in [-0.05, 0) is 44.0 Å². The Kier molecular flexibility index (Phi) is 8.26. The number of para-hydroxylation sites is 1. The fourth-order valence-electron chi connectivity index (χ4n) is 3.10. The minimum atomic E-state index is -3.51. The van der Waals surface area contributed by atoms with Gasteiger partial charge < -0.3 is 10.2 Å². The third-order valence-corrected chi connectivity index (χ3v) is 5.95. The number of benzene rings is 2. The zero-order chi connectivity index (χ0) is 19.3. The second-order valence-electron chi connectivity index (χ2n) is 6.48. The number of guanidine groups is 1. The highest BCUT2D eigenvalue weighted by molar-refractivity contribution is 14.0. The second kappa shape index (κ2) is 10.2. The number of anilines is 1. The maximum Gasteiger partial charge on any atom is 0.240 e. The maximum absolute atomic E-state index is 12.3. The summed E-state index contributed by atoms with van der Waals surface area (Å²) in [7, 11) is -3.51. The molecule has 152 valence electrons. The van der Waals surface area contributed by atoms with E-state index in [0.717, 1.165) is 36.7 Å². The summed E-state index contributed by atoms with van der Waals surface area (Å²) in [6, 6.07) is 15.1. The van der Waals surface area contributed by atoms with Crippen molar-refractivity contribution in [2.75, 3.05) is 31.1 Å². The number of sulfonamides is 1. The van der Waals surface area contributed by atoms with Gasteiger partial charge in [-0.2, -0.15) is 0 Å². The van der Waals surface area contributed by atoms with Crippen molar-refractivity contribution in [3.05, 3.63) is 59.7 Å². The molecule has 1 aliphatic heterocycles. The first-order valence-corrected chi connectivity index (χ1v) is 10.7. The van der Waals surface area contributed by atoms with E-state index in [0.29, 0.717) is 6.54 Å². The van der Waals surface area contributed by atoms with E-state index < -0.39 is 10.0 Å². The molecule has 2 aromatic carbocycles. The SMILES string of the molecule is CCNC(=NCCNS(=O)(=O)c1ccc(C)cc1)N1CCc2ccccc21.I. The first-order chi connectivity index (χ1) is 13.0. The molecule has 1 heterocycles. The van der Waals surface area contributed by atoms with Gasteiger partial charge in [0.1, 0.15) is 0 Å². The predicted molar refractivity (Wildman–Crippen MR) is 125 cm³/mol. The van der Waals surface area contributed by atoms with Crippen LogP contribution in [-0.2, 0) is 16.4 Å². The first kappa shape index (κ1) is 22.6. The van der Waals surface area contributed by atoms with Crippen LogP contribution in [0.25, 0.3) is 0 Å². The Morgan fingerprint density at radius 2 is 1.86 bits per heavy atom. The normalized spacial score (nSPS) is 13.8. The number of hydrogen-bond donors (Lipinski definition) is 2. The van der Waals surface area contributed by atoms with Crippen LogP contribution in [0.15, 0.2) is 58.4 Å². The van der Waals surface area contributed by atoms with E-state index in [4.69, 9.17) is 0 Å². The monoisotopic (exact) mass is 514 g/mol. The summed E-state index contributed by atoms with van der Waals surface area (Å²) < 4.78 is 27.3. The Labute approximate surface area is 184 Å². The molecule has 8 heteroatoms. The number of halogens is 1. The number of hydrogen-bond acceptors (Lipinski definition) is 3. The standard InChI is InChI=1S/C20H26N4O2S.HI/c1-3-21-20(24-15-12-17-6-4-5-7-19(17)24)22-13-14-23-27(25,26)18-10-8-16(2)9-11-18;/h4-11,23H,3,12-15H2,1-2H3,(H,21,22);1H. The predicted octanol–water partition coefficient (Wildman–Crippen LogP) is 2.92. The molecule has 2 N–H and O–H groups in total. The van der Waals surface area contributed by atoms with Crippen LogP contribution in [0.4, 0.5) is 5.69 Å². The lowest BCUT2D eigenvalue weighted by atomic mass is 10.2. The lowest BCUT2D eigenvalue weighted by Gasteiger charge is -2.22. The van der Waals surface area contributed by atoms with E-state index in [1.165, 1.54) is 5.56 Å². The minimum Gasteiger partial charge on any atom is -0.356 e. The Morgan fingerprint density at radius 3 is 2.57 bits per heavy atom. The number of fused-ring (bicyclic) bond motifs is 1. The van der Waals surface area contributed by atoms with Gasteiger partial charge >= 0.3 is 0 Å². The molecule has 0 radical (unpaired) electrons. The molecule has 0 spiro atoms. The first-order valence-electron chi connectivity index (χ1n) is 9.21. The molecule has 3 rings (SSSR count). The van der Waals surface area contributed by atoms with Crippen molar-refractivity contribution in [1.29, 1.82) is 0 Å². The number of rotatable bonds is 6. The van der Waals surface area contributed by atoms with Gasteiger partial charge in [-0.15, -0.1) is 24.0 Å². The van der Waals surface area contributed by atoms with E-state index in [-0.39, 0.29) is 35.4 Å². The van der Waals surface area contributed by atoms with Gasteiger partial charge in [0, 0.05) is 25.3 Å². The smallest absolute Gasteiger partial charge is 0.240 e. The summed E-state index contributed by atoms with van der Waals surface area (Å²) in [4.78, 5) is 7.05. The molecular formula is C20H27IN4O2S. The maximum atomic E-state index is 12.3. The van der Waals surface area contributed by atoms with Crippen LogP contribution in [0.3, 0.4) is 0 Å². The Bertz CT molecular complexity index is 914. The van der Waals surface area contributed by atoms with Gasteiger partial charge in [0.25, 0.3) is 0 Å². The molecule has 2 aromatic rings. The Hall–Kier alpha value is -1.65. The molecule has 0 bridgehead atoms. The van der Waals surface area contributed by atoms with Gasteiger partial charge in [-0.25, -0.2) is 13.1 Å². The molecule has 0 fully saturated rings. The molecule has 0 aliphatic carbocycles. The summed E-state index contributed by atoms with van der Waals surface area (Å²) in [6.07, 6.45) is 0.987. The quantitative estimate of drug-likeness (QED) is 0.269. The Balaban J connectivity index is 0.00000280. The fourth-order valence-corrected chi connectivity index (χ4v) is 4.12. The number of aryl methyl sites for hydroxylation is 1. The topological polar surface area (TPSA) is 73.8 Å². The third kappa shape index (κ3) is 5.45. The Morgan fingerprint density at radius 1 is 1.14 bits per heavy atom. The van der Waals surface area contributed by atoms with Gasteiger partial charge in [-0.3, -0.25) is 4.99 Å². The van der Waals surface area contributed by atoms with Crippen molar-refractivity contribution in [2.24, 2.45) is 4.99 Å². The zero-order valence-electron chi connectivity index (χ0n) is 16.2. The molecular weight excluding hydrogens is 487 g/mol. The molecule has 0 amide bonds. The molecule has 0 unspecified atom stereocenters. The van der Waals surface area contributed by atoms with E-state index in [1.807, 2.05) is 26.0 Å². The summed E-state index contributed by atoms with van der Waals surface area (Å²) in [5, 5.41) is 3.30. The third-order valence-electron chi connectivity index (χ3n) is 4.47. The van der Waals surface area contributed by atoms with Crippen molar-refractivity contribution < 1.29 is 8.42 Å². The minimum absolute atomic E-state index is 0. The van der Waals surface area contributed by atoms with Gasteiger partial charge in [-0.1, -0.05) is 35.9 Å². The van der Waals surface area contributed by atoms with Crippen LogP contribution < -0.4 is 14.9 Å². The van der Waals surface area contributed by atoms with Crippen LogP contribution in [-0.4, -0.2) is 40.6 Å². The van der Waals surface area contributed by atoms with Gasteiger partial charge in [0.15, 0.2) is 5.96 Å². The fraction of sp³-hybridized carbons (Fsp3) is 0.350. The number of nitrogens with one attached hydrogen (secondary N) is 2. The molecule has 1 aliphatic rings. The molecule has 0 aromatic heterocycles. The van der Waals surface area contributed by atoms with E-state index in [1.54, 1.807) is 24.3 Å². The van der Waals surface area contributed by atoms with Crippen LogP contribution in [0.1, 0.15) is 18.1 Å². The van der Waals surface area contributed by atoms with E-state index in [9.17, 15) is 8.42 Å². The molecule has 0 saturated carbocycles. The molecule has 0 saturated heterocycles. The average Bonchev–Trinajstić information content (AvgIpc) is 3.09. The molecule has 0 atom stereocenters. The highest BCUT2D eigenvalue weighted by Gasteiger charge is 2.22. The van der Waals surface area contributed by atoms with Crippen molar-refractivity contribution in [2.45, 2.75) is 25.2 Å². The number of aliphatic imine (C=N–C) groups is 1. The summed E-state index contributed by atoms with van der Waals surface area (Å²) in [5.74, 6) is 0.789. The number of nitrogens with zero attached hydrogens (tertiary/aromatic N) is 2. The summed E-state index contributed by atoms with van der Waals surface area (Å²) >= 11 is 0. The molecule has 28 heavy (non-hydrogen) atoms. The van der Waals surface area contributed by atoms with E-state index in [2.05, 4.69) is 32.1 Å². The average molecular weight is 514 g/mol. The van der Waals surface area contributed by atoms with Crippen LogP contribution in [0, 0.1) is 6.92 Å². The molecule has 6 nitrogen and oxygen atoms in total. The lowest BCUT2D eigenvalue weighted by Crippen LogP contribution is -2.41. The second-order valence-corrected chi connectivity index (χ2v) is 8.24. The van der Waals surface area contributed by atoms with Crippen LogP contribution >= 0.6 is 24.0 Å². The van der Waals surface area contributed by atoms with Crippen molar-refractivity contribution in [1.82, 2.24) is 10.0 Å². The van der Waals surface area contributed by atoms with Gasteiger partial charge in [0.05, 0.1) is 11.4 Å². The van der Waals surface area contributed by atoms with Gasteiger partial charge in [0.2, 0.25) is 10.0 Å². The lowest BCUT2D eigenvalue weighted by molar-refractivity contribution is 0.582. The van der Waals surface area contributed by atoms with Crippen molar-refractivity contribution >= 4 is 45.6 Å².